The van der Waals surface area contributed by atoms with E-state index in [-0.39, 0.29) is 36.9 Å². The van der Waals surface area contributed by atoms with Gasteiger partial charge in [-0.2, -0.15) is 0 Å². The van der Waals surface area contributed by atoms with Crippen LogP contribution in [0.5, 0.6) is 11.5 Å². The molecule has 1 aliphatic heterocycles. The van der Waals surface area contributed by atoms with Gasteiger partial charge in [-0.25, -0.2) is 0 Å². The second-order valence-corrected chi connectivity index (χ2v) is 6.51. The molecular weight excluding hydrogens is 382 g/mol. The number of primary amides is 1. The predicted octanol–water partition coefficient (Wildman–Crippen LogP) is 1.55. The van der Waals surface area contributed by atoms with Crippen molar-refractivity contribution in [3.63, 3.8) is 0 Å². The molecule has 0 radical (unpaired) electrons. The monoisotopic (exact) mass is 405 g/mol. The molecule has 2 aromatic carbocycles. The normalized spacial score (nSPS) is 18.3. The number of methoxy groups -OCH3 is 1. The average molecular weight is 406 g/mol. The molecule has 4 N–H and O–H groups in total. The second kappa shape index (κ2) is 9.43. The van der Waals surface area contributed by atoms with Crippen LogP contribution in [-0.2, 0) is 4.79 Å². The summed E-state index contributed by atoms with van der Waals surface area (Å²) in [5.74, 6) is 0.118. The zero-order chi connectivity index (χ0) is 19.4. The maximum Gasteiger partial charge on any atom is 0.255 e. The zero-order valence-corrected chi connectivity index (χ0v) is 16.4. The molecule has 1 saturated heterocycles. The van der Waals surface area contributed by atoms with Crippen molar-refractivity contribution in [1.29, 1.82) is 0 Å². The minimum Gasteiger partial charge on any atom is -0.493 e. The van der Waals surface area contributed by atoms with Crippen LogP contribution in [0.3, 0.4) is 0 Å². The fourth-order valence-corrected chi connectivity index (χ4v) is 3.30. The van der Waals surface area contributed by atoms with Crippen LogP contribution >= 0.6 is 12.4 Å². The third-order valence-corrected chi connectivity index (χ3v) is 4.66. The number of hydrogen-bond donors (Lipinski definition) is 2. The van der Waals surface area contributed by atoms with Gasteiger partial charge < -0.3 is 25.8 Å². The van der Waals surface area contributed by atoms with Gasteiger partial charge in [-0.05, 0) is 23.8 Å². The van der Waals surface area contributed by atoms with Crippen molar-refractivity contribution in [2.45, 2.75) is 12.0 Å². The van der Waals surface area contributed by atoms with Crippen molar-refractivity contribution >= 4 is 24.2 Å². The van der Waals surface area contributed by atoms with E-state index < -0.39 is 5.91 Å². The molecule has 1 aliphatic rings. The van der Waals surface area contributed by atoms with Crippen molar-refractivity contribution in [3.05, 3.63) is 59.7 Å². The maximum atomic E-state index is 12.9. The summed E-state index contributed by atoms with van der Waals surface area (Å²) in [6.07, 6.45) is 0. The third kappa shape index (κ3) is 4.74. The number of amides is 2. The minimum absolute atomic E-state index is 0. The molecule has 0 saturated carbocycles. The summed E-state index contributed by atoms with van der Waals surface area (Å²) in [7, 11) is 1.47. The Hall–Kier alpha value is -2.77. The number of likely N-dealkylation sites (tertiary alicyclic amines) is 1. The molecule has 1 heterocycles. The quantitative estimate of drug-likeness (QED) is 0.758. The first-order valence-electron chi connectivity index (χ1n) is 8.68. The Labute approximate surface area is 170 Å². The van der Waals surface area contributed by atoms with E-state index in [1.165, 1.54) is 7.11 Å². The minimum atomic E-state index is -0.588. The van der Waals surface area contributed by atoms with Gasteiger partial charge in [0.2, 0.25) is 0 Å². The van der Waals surface area contributed by atoms with E-state index in [9.17, 15) is 9.59 Å². The topological polar surface area (TPSA) is 108 Å². The van der Waals surface area contributed by atoms with Gasteiger partial charge in [0, 0.05) is 30.6 Å². The van der Waals surface area contributed by atoms with E-state index in [1.54, 1.807) is 23.1 Å². The average Bonchev–Trinajstić information content (AvgIpc) is 3.08. The first-order chi connectivity index (χ1) is 13.0. The van der Waals surface area contributed by atoms with E-state index in [2.05, 4.69) is 0 Å². The van der Waals surface area contributed by atoms with Crippen LogP contribution in [0.2, 0.25) is 0 Å². The van der Waals surface area contributed by atoms with Gasteiger partial charge in [-0.3, -0.25) is 9.59 Å². The number of benzene rings is 2. The Kier molecular flexibility index (Phi) is 7.25. The summed E-state index contributed by atoms with van der Waals surface area (Å²) in [5, 5.41) is 0. The number of carbonyl (C=O) groups excluding carboxylic acids is 2. The molecule has 2 amide bonds. The Bertz CT molecular complexity index is 831. The molecule has 0 unspecified atom stereocenters. The number of ether oxygens (including phenoxy) is 2. The van der Waals surface area contributed by atoms with Crippen molar-refractivity contribution in [2.75, 3.05) is 26.8 Å². The lowest BCUT2D eigenvalue weighted by atomic mass is 9.95. The molecule has 8 heteroatoms. The Morgan fingerprint density at radius 1 is 1.11 bits per heavy atom. The standard InChI is InChI=1S/C20H23N3O4.ClH/c1-26-18-9-14(7-8-17(18)27-12-19(22)24)20(25)23-10-15(16(21)11-23)13-5-3-2-4-6-13;/h2-9,15-16H,10-12,21H2,1H3,(H2,22,24);1H/t15-,16+;/m0./s1. The molecule has 0 spiro atoms. The van der Waals surface area contributed by atoms with Crippen molar-refractivity contribution in [3.8, 4) is 11.5 Å². The van der Waals surface area contributed by atoms with E-state index in [4.69, 9.17) is 20.9 Å². The Morgan fingerprint density at radius 3 is 2.46 bits per heavy atom. The number of carbonyl (C=O) groups is 2. The third-order valence-electron chi connectivity index (χ3n) is 4.66. The molecule has 2 aromatic rings. The lowest BCUT2D eigenvalue weighted by Gasteiger charge is -2.18. The zero-order valence-electron chi connectivity index (χ0n) is 15.5. The highest BCUT2D eigenvalue weighted by atomic mass is 35.5. The van der Waals surface area contributed by atoms with Crippen LogP contribution in [0, 0.1) is 0 Å². The van der Waals surface area contributed by atoms with Crippen molar-refractivity contribution in [2.24, 2.45) is 11.5 Å². The highest BCUT2D eigenvalue weighted by molar-refractivity contribution is 5.95. The van der Waals surface area contributed by atoms with Crippen molar-refractivity contribution in [1.82, 2.24) is 4.90 Å². The van der Waals surface area contributed by atoms with Gasteiger partial charge in [0.05, 0.1) is 7.11 Å². The number of nitrogens with two attached hydrogens (primary N) is 2. The highest BCUT2D eigenvalue weighted by Gasteiger charge is 2.34. The first kappa shape index (κ1) is 21.5. The number of rotatable bonds is 6. The van der Waals surface area contributed by atoms with Gasteiger partial charge in [-0.1, -0.05) is 30.3 Å². The summed E-state index contributed by atoms with van der Waals surface area (Å²) < 4.78 is 10.6. The molecule has 0 aliphatic carbocycles. The van der Waals surface area contributed by atoms with E-state index >= 15 is 0 Å². The fraction of sp³-hybridized carbons (Fsp3) is 0.300. The number of nitrogens with zero attached hydrogens (tertiary/aromatic N) is 1. The SMILES string of the molecule is COc1cc(C(=O)N2C[C@@H](N)[C@H](c3ccccc3)C2)ccc1OCC(N)=O.Cl. The van der Waals surface area contributed by atoms with Crippen LogP contribution in [0.15, 0.2) is 48.5 Å². The van der Waals surface area contributed by atoms with Crippen molar-refractivity contribution < 1.29 is 19.1 Å². The van der Waals surface area contributed by atoms with E-state index in [0.29, 0.717) is 30.2 Å². The van der Waals surface area contributed by atoms with Crippen LogP contribution < -0.4 is 20.9 Å². The van der Waals surface area contributed by atoms with Crippen LogP contribution in [0.25, 0.3) is 0 Å². The lowest BCUT2D eigenvalue weighted by molar-refractivity contribution is -0.119. The van der Waals surface area contributed by atoms with Gasteiger partial charge in [0.1, 0.15) is 0 Å². The molecule has 7 nitrogen and oxygen atoms in total. The number of hydrogen-bond acceptors (Lipinski definition) is 5. The largest absolute Gasteiger partial charge is 0.493 e. The summed E-state index contributed by atoms with van der Waals surface area (Å²) in [5.41, 5.74) is 13.0. The van der Waals surface area contributed by atoms with E-state index in [1.807, 2.05) is 30.3 Å². The molecule has 0 aromatic heterocycles. The maximum absolute atomic E-state index is 12.9. The fourth-order valence-electron chi connectivity index (χ4n) is 3.30. The van der Waals surface area contributed by atoms with Crippen LogP contribution in [-0.4, -0.2) is 49.6 Å². The molecular formula is C20H24ClN3O4. The lowest BCUT2D eigenvalue weighted by Crippen LogP contribution is -2.32. The van der Waals surface area contributed by atoms with Crippen LogP contribution in [0.4, 0.5) is 0 Å². The first-order valence-corrected chi connectivity index (χ1v) is 8.68. The molecule has 2 atom stereocenters. The summed E-state index contributed by atoms with van der Waals surface area (Å²) in [4.78, 5) is 25.5. The molecule has 1 fully saturated rings. The van der Waals surface area contributed by atoms with E-state index in [0.717, 1.165) is 5.56 Å². The van der Waals surface area contributed by atoms with Crippen LogP contribution in [0.1, 0.15) is 21.8 Å². The van der Waals surface area contributed by atoms with Gasteiger partial charge in [0.15, 0.2) is 18.1 Å². The molecule has 3 rings (SSSR count). The highest BCUT2D eigenvalue weighted by Crippen LogP contribution is 2.31. The smallest absolute Gasteiger partial charge is 0.255 e. The summed E-state index contributed by atoms with van der Waals surface area (Å²) >= 11 is 0. The second-order valence-electron chi connectivity index (χ2n) is 6.51. The number of halogens is 1. The predicted molar refractivity (Wildman–Crippen MR) is 108 cm³/mol. The molecule has 0 bridgehead atoms. The summed E-state index contributed by atoms with van der Waals surface area (Å²) in [6.45, 7) is 0.788. The van der Waals surface area contributed by atoms with Gasteiger partial charge in [-0.15, -0.1) is 12.4 Å². The molecule has 150 valence electrons. The van der Waals surface area contributed by atoms with Gasteiger partial charge >= 0.3 is 0 Å². The Balaban J connectivity index is 0.00000280. The molecule has 28 heavy (non-hydrogen) atoms. The Morgan fingerprint density at radius 2 is 1.82 bits per heavy atom. The van der Waals surface area contributed by atoms with Gasteiger partial charge in [0.25, 0.3) is 11.8 Å². The summed E-state index contributed by atoms with van der Waals surface area (Å²) in [6, 6.07) is 14.7.